The van der Waals surface area contributed by atoms with Gasteiger partial charge in [0.25, 0.3) is 0 Å². The van der Waals surface area contributed by atoms with Gasteiger partial charge in [-0.25, -0.2) is 4.99 Å². The SMILES string of the molecule is Oc1cc2c(c3c(O)c4ccccc4c(O)c13)=NC1(CCOC1)N=2. The van der Waals surface area contributed by atoms with Gasteiger partial charge in [-0.1, -0.05) is 24.3 Å². The van der Waals surface area contributed by atoms with Gasteiger partial charge in [-0.3, -0.25) is 4.99 Å². The van der Waals surface area contributed by atoms with Crippen molar-refractivity contribution in [1.82, 2.24) is 0 Å². The minimum absolute atomic E-state index is 0.0135. The number of hydrogen-bond acceptors (Lipinski definition) is 6. The maximum absolute atomic E-state index is 10.8. The van der Waals surface area contributed by atoms with Crippen LogP contribution < -0.4 is 10.7 Å². The average Bonchev–Trinajstić information content (AvgIpc) is 3.18. The van der Waals surface area contributed by atoms with Crippen LogP contribution in [0.1, 0.15) is 6.42 Å². The molecule has 0 aromatic heterocycles. The first-order valence-electron chi connectivity index (χ1n) is 7.75. The van der Waals surface area contributed by atoms with E-state index in [-0.39, 0.29) is 22.6 Å². The molecule has 2 aliphatic heterocycles. The largest absolute Gasteiger partial charge is 0.507 e. The van der Waals surface area contributed by atoms with Crippen molar-refractivity contribution in [3.8, 4) is 17.2 Å². The predicted molar refractivity (Wildman–Crippen MR) is 86.9 cm³/mol. The lowest BCUT2D eigenvalue weighted by Crippen LogP contribution is -2.22. The minimum Gasteiger partial charge on any atom is -0.507 e. The van der Waals surface area contributed by atoms with Crippen LogP contribution in [0.25, 0.3) is 21.5 Å². The van der Waals surface area contributed by atoms with E-state index in [2.05, 4.69) is 9.98 Å². The molecule has 120 valence electrons. The molecule has 24 heavy (non-hydrogen) atoms. The molecular weight excluding hydrogens is 308 g/mol. The number of nitrogens with zero attached hydrogens (tertiary/aromatic N) is 2. The Hall–Kier alpha value is -2.86. The molecule has 1 fully saturated rings. The highest BCUT2D eigenvalue weighted by Crippen LogP contribution is 2.43. The van der Waals surface area contributed by atoms with Gasteiger partial charge in [-0.15, -0.1) is 0 Å². The van der Waals surface area contributed by atoms with Crippen LogP contribution in [-0.2, 0) is 4.74 Å². The van der Waals surface area contributed by atoms with Gasteiger partial charge in [-0.05, 0) is 0 Å². The molecule has 3 aromatic carbocycles. The third-order valence-corrected chi connectivity index (χ3v) is 4.80. The summed E-state index contributed by atoms with van der Waals surface area (Å²) in [4.78, 5) is 9.29. The molecule has 0 amide bonds. The molecule has 0 bridgehead atoms. The maximum atomic E-state index is 10.8. The number of hydrogen-bond donors (Lipinski definition) is 3. The predicted octanol–water partition coefficient (Wildman–Crippen LogP) is 1.48. The summed E-state index contributed by atoms with van der Waals surface area (Å²) in [6.07, 6.45) is 0.657. The lowest BCUT2D eigenvalue weighted by Gasteiger charge is -2.12. The van der Waals surface area contributed by atoms with Gasteiger partial charge in [-0.2, -0.15) is 0 Å². The van der Waals surface area contributed by atoms with Crippen LogP contribution >= 0.6 is 0 Å². The van der Waals surface area contributed by atoms with Crippen LogP contribution in [0, 0.1) is 0 Å². The van der Waals surface area contributed by atoms with Gasteiger partial charge in [0.05, 0.1) is 34.7 Å². The molecule has 1 atom stereocenters. The Morgan fingerprint density at radius 3 is 2.33 bits per heavy atom. The first kappa shape index (κ1) is 13.6. The summed E-state index contributed by atoms with van der Waals surface area (Å²) in [5.74, 6) is -0.213. The second-order valence-corrected chi connectivity index (χ2v) is 6.26. The summed E-state index contributed by atoms with van der Waals surface area (Å²) in [6, 6.07) is 8.46. The maximum Gasteiger partial charge on any atom is 0.176 e. The number of ether oxygens (including phenoxy) is 1. The zero-order valence-electron chi connectivity index (χ0n) is 12.7. The van der Waals surface area contributed by atoms with Crippen LogP contribution in [0.5, 0.6) is 17.2 Å². The average molecular weight is 322 g/mol. The van der Waals surface area contributed by atoms with Crippen molar-refractivity contribution in [2.24, 2.45) is 9.98 Å². The fraction of sp³-hybridized carbons (Fsp3) is 0.222. The first-order chi connectivity index (χ1) is 11.6. The van der Waals surface area contributed by atoms with Gasteiger partial charge in [0, 0.05) is 23.3 Å². The number of benzene rings is 3. The van der Waals surface area contributed by atoms with Gasteiger partial charge < -0.3 is 20.1 Å². The van der Waals surface area contributed by atoms with E-state index in [0.29, 0.717) is 46.5 Å². The highest BCUT2D eigenvalue weighted by Gasteiger charge is 2.37. The molecule has 6 heteroatoms. The van der Waals surface area contributed by atoms with Crippen molar-refractivity contribution in [3.05, 3.63) is 41.0 Å². The number of phenolic OH excluding ortho intramolecular Hbond substituents is 3. The molecule has 3 N–H and O–H groups in total. The Bertz CT molecular complexity index is 1150. The second kappa shape index (κ2) is 4.36. The van der Waals surface area contributed by atoms with Crippen LogP contribution in [0.2, 0.25) is 0 Å². The van der Waals surface area contributed by atoms with Gasteiger partial charge >= 0.3 is 0 Å². The summed E-state index contributed by atoms with van der Waals surface area (Å²) in [5, 5.41) is 34.4. The smallest absolute Gasteiger partial charge is 0.176 e. The van der Waals surface area contributed by atoms with Gasteiger partial charge in [0.1, 0.15) is 17.2 Å². The number of rotatable bonds is 0. The van der Waals surface area contributed by atoms with Crippen LogP contribution in [0.15, 0.2) is 40.3 Å². The normalized spacial score (nSPS) is 22.0. The Labute approximate surface area is 136 Å². The fourth-order valence-electron chi connectivity index (χ4n) is 3.66. The van der Waals surface area contributed by atoms with E-state index in [9.17, 15) is 15.3 Å². The summed E-state index contributed by atoms with van der Waals surface area (Å²) in [6.45, 7) is 0.954. The summed E-state index contributed by atoms with van der Waals surface area (Å²) >= 11 is 0. The Morgan fingerprint density at radius 2 is 1.67 bits per heavy atom. The molecule has 1 unspecified atom stereocenters. The molecule has 6 nitrogen and oxygen atoms in total. The van der Waals surface area contributed by atoms with Crippen LogP contribution in [0.3, 0.4) is 0 Å². The minimum atomic E-state index is -0.684. The van der Waals surface area contributed by atoms with E-state index in [1.165, 1.54) is 6.07 Å². The number of phenols is 3. The van der Waals surface area contributed by atoms with Crippen molar-refractivity contribution >= 4 is 21.5 Å². The van der Waals surface area contributed by atoms with Crippen LogP contribution in [0.4, 0.5) is 0 Å². The summed E-state index contributed by atoms with van der Waals surface area (Å²) in [5.41, 5.74) is -0.684. The zero-order valence-corrected chi connectivity index (χ0v) is 12.7. The quantitative estimate of drug-likeness (QED) is 0.431. The lowest BCUT2D eigenvalue weighted by atomic mass is 9.99. The topological polar surface area (TPSA) is 94.6 Å². The summed E-state index contributed by atoms with van der Waals surface area (Å²) < 4.78 is 5.42. The van der Waals surface area contributed by atoms with Gasteiger partial charge in [0.2, 0.25) is 0 Å². The van der Waals surface area contributed by atoms with E-state index in [4.69, 9.17) is 4.74 Å². The van der Waals surface area contributed by atoms with Crippen molar-refractivity contribution in [2.75, 3.05) is 13.2 Å². The number of fused-ring (bicyclic) bond motifs is 4. The molecular formula is C18H14N2O4. The van der Waals surface area contributed by atoms with E-state index >= 15 is 0 Å². The zero-order chi connectivity index (χ0) is 16.5. The first-order valence-corrected chi connectivity index (χ1v) is 7.75. The standard InChI is InChI=1S/C18H14N2O4/c21-12-7-11-15(20-18(19-11)5-6-24-8-18)14-13(12)16(22)9-3-1-2-4-10(9)17(14)23/h1-4,7,21-23H,5-6,8H2. The lowest BCUT2D eigenvalue weighted by molar-refractivity contribution is 0.180. The van der Waals surface area contributed by atoms with Crippen LogP contribution in [-0.4, -0.2) is 34.2 Å². The van der Waals surface area contributed by atoms with Crippen molar-refractivity contribution in [2.45, 2.75) is 12.1 Å². The van der Waals surface area contributed by atoms with E-state index in [1.54, 1.807) is 24.3 Å². The van der Waals surface area contributed by atoms with Crippen molar-refractivity contribution < 1.29 is 20.1 Å². The highest BCUT2D eigenvalue weighted by atomic mass is 16.5. The van der Waals surface area contributed by atoms with E-state index in [1.807, 2.05) is 0 Å². The molecule has 2 heterocycles. The van der Waals surface area contributed by atoms with Crippen molar-refractivity contribution in [1.29, 1.82) is 0 Å². The molecule has 2 aliphatic rings. The van der Waals surface area contributed by atoms with Crippen molar-refractivity contribution in [3.63, 3.8) is 0 Å². The molecule has 0 aliphatic carbocycles. The Morgan fingerprint density at radius 1 is 0.958 bits per heavy atom. The molecule has 1 spiro atoms. The Kier molecular flexibility index (Phi) is 2.46. The third kappa shape index (κ3) is 1.58. The monoisotopic (exact) mass is 322 g/mol. The molecule has 3 aromatic rings. The summed E-state index contributed by atoms with van der Waals surface area (Å²) in [7, 11) is 0. The van der Waals surface area contributed by atoms with Gasteiger partial charge in [0.15, 0.2) is 5.66 Å². The molecule has 0 saturated carbocycles. The second-order valence-electron chi connectivity index (χ2n) is 6.26. The molecule has 0 radical (unpaired) electrons. The van der Waals surface area contributed by atoms with E-state index < -0.39 is 5.66 Å². The fourth-order valence-corrected chi connectivity index (χ4v) is 3.66. The Balaban J connectivity index is 2.04. The third-order valence-electron chi connectivity index (χ3n) is 4.80. The van der Waals surface area contributed by atoms with E-state index in [0.717, 1.165) is 0 Å². The molecule has 5 rings (SSSR count). The highest BCUT2D eigenvalue weighted by molar-refractivity contribution is 6.12. The number of aromatic hydroxyl groups is 3. The molecule has 1 saturated heterocycles.